The van der Waals surface area contributed by atoms with E-state index in [1.54, 1.807) is 37.3 Å². The summed E-state index contributed by atoms with van der Waals surface area (Å²) in [4.78, 5) is 25.2. The average molecular weight is 402 g/mol. The zero-order chi connectivity index (χ0) is 20.8. The SMILES string of the molecule is C[C@@H]1C(=O)O[C@@H]2CC(c3ccc(C(F)(F)F)cc3)=NN(C(=O)c3ccccc3)[C@H]12. The Kier molecular flexibility index (Phi) is 4.64. The van der Waals surface area contributed by atoms with Crippen LogP contribution in [0.1, 0.15) is 34.8 Å². The third-order valence-electron chi connectivity index (χ3n) is 5.21. The van der Waals surface area contributed by atoms with E-state index in [0.717, 1.165) is 12.1 Å². The van der Waals surface area contributed by atoms with E-state index < -0.39 is 41.7 Å². The minimum absolute atomic E-state index is 0.227. The van der Waals surface area contributed by atoms with E-state index in [-0.39, 0.29) is 6.42 Å². The maximum Gasteiger partial charge on any atom is 0.416 e. The fourth-order valence-electron chi connectivity index (χ4n) is 3.67. The molecule has 29 heavy (non-hydrogen) atoms. The molecule has 2 aliphatic rings. The van der Waals surface area contributed by atoms with E-state index in [0.29, 0.717) is 16.8 Å². The standard InChI is InChI=1S/C21H17F3N2O3/c1-12-18-17(29-20(12)28)11-16(13-7-9-15(10-8-13)21(22,23)24)25-26(18)19(27)14-5-3-2-4-6-14/h2-10,12,17-18H,11H2,1H3/t12-,17+,18+/m0/s1. The van der Waals surface area contributed by atoms with Crippen molar-refractivity contribution in [3.8, 4) is 0 Å². The second-order valence-electron chi connectivity index (χ2n) is 7.10. The van der Waals surface area contributed by atoms with Crippen molar-refractivity contribution >= 4 is 17.6 Å². The number of esters is 1. The molecule has 4 rings (SSSR count). The van der Waals surface area contributed by atoms with E-state index in [2.05, 4.69) is 5.10 Å². The molecule has 1 amide bonds. The second-order valence-corrected chi connectivity index (χ2v) is 7.10. The van der Waals surface area contributed by atoms with Crippen LogP contribution in [0.5, 0.6) is 0 Å². The molecule has 2 aromatic rings. The normalized spacial score (nSPS) is 24.0. The van der Waals surface area contributed by atoms with Gasteiger partial charge in [0, 0.05) is 12.0 Å². The van der Waals surface area contributed by atoms with Crippen LogP contribution in [-0.4, -0.2) is 34.7 Å². The smallest absolute Gasteiger partial charge is 0.416 e. The number of amides is 1. The molecule has 1 saturated heterocycles. The van der Waals surface area contributed by atoms with Gasteiger partial charge in [0.05, 0.1) is 17.2 Å². The van der Waals surface area contributed by atoms with Crippen LogP contribution in [-0.2, 0) is 15.7 Å². The molecule has 0 unspecified atom stereocenters. The molecule has 8 heteroatoms. The van der Waals surface area contributed by atoms with Crippen LogP contribution in [0.15, 0.2) is 59.7 Å². The summed E-state index contributed by atoms with van der Waals surface area (Å²) in [5.74, 6) is -1.37. The summed E-state index contributed by atoms with van der Waals surface area (Å²) in [5.41, 5.74) is 0.466. The summed E-state index contributed by atoms with van der Waals surface area (Å²) >= 11 is 0. The molecule has 2 aromatic carbocycles. The van der Waals surface area contributed by atoms with Gasteiger partial charge in [0.25, 0.3) is 5.91 Å². The van der Waals surface area contributed by atoms with Crippen LogP contribution in [0.25, 0.3) is 0 Å². The highest BCUT2D eigenvalue weighted by molar-refractivity contribution is 6.04. The van der Waals surface area contributed by atoms with E-state index in [1.807, 2.05) is 0 Å². The lowest BCUT2D eigenvalue weighted by Gasteiger charge is -2.34. The fraction of sp³-hybridized carbons (Fsp3) is 0.286. The molecule has 2 heterocycles. The largest absolute Gasteiger partial charge is 0.459 e. The Morgan fingerprint density at radius 3 is 2.38 bits per heavy atom. The van der Waals surface area contributed by atoms with Gasteiger partial charge >= 0.3 is 12.1 Å². The van der Waals surface area contributed by atoms with E-state index in [1.165, 1.54) is 17.1 Å². The Labute approximate surface area is 164 Å². The van der Waals surface area contributed by atoms with Crippen molar-refractivity contribution in [2.75, 3.05) is 0 Å². The monoisotopic (exact) mass is 402 g/mol. The number of alkyl halides is 3. The third kappa shape index (κ3) is 3.50. The molecule has 2 aliphatic heterocycles. The predicted octanol–water partition coefficient (Wildman–Crippen LogP) is 3.89. The van der Waals surface area contributed by atoms with Gasteiger partial charge in [-0.25, -0.2) is 5.01 Å². The number of halogens is 3. The maximum atomic E-state index is 13.1. The molecular formula is C21H17F3N2O3. The van der Waals surface area contributed by atoms with Gasteiger partial charge in [-0.2, -0.15) is 18.3 Å². The quantitative estimate of drug-likeness (QED) is 0.717. The van der Waals surface area contributed by atoms with Gasteiger partial charge in [-0.1, -0.05) is 30.3 Å². The molecule has 0 spiro atoms. The molecule has 0 bridgehead atoms. The molecule has 0 radical (unpaired) electrons. The number of hydrogen-bond donors (Lipinski definition) is 0. The van der Waals surface area contributed by atoms with Gasteiger partial charge in [-0.15, -0.1) is 0 Å². The van der Waals surface area contributed by atoms with Crippen LogP contribution in [0, 0.1) is 5.92 Å². The first-order valence-electron chi connectivity index (χ1n) is 9.10. The van der Waals surface area contributed by atoms with Crippen molar-refractivity contribution in [1.82, 2.24) is 5.01 Å². The summed E-state index contributed by atoms with van der Waals surface area (Å²) in [6, 6.07) is 12.5. The summed E-state index contributed by atoms with van der Waals surface area (Å²) in [5, 5.41) is 5.68. The molecule has 3 atom stereocenters. The first-order chi connectivity index (χ1) is 13.8. The number of hydrogen-bond acceptors (Lipinski definition) is 4. The number of ether oxygens (including phenoxy) is 1. The molecule has 0 aromatic heterocycles. The van der Waals surface area contributed by atoms with Gasteiger partial charge in [0.1, 0.15) is 12.1 Å². The Bertz CT molecular complexity index is 971. The van der Waals surface area contributed by atoms with Crippen molar-refractivity contribution < 1.29 is 27.5 Å². The van der Waals surface area contributed by atoms with Gasteiger partial charge in [-0.3, -0.25) is 9.59 Å². The first-order valence-corrected chi connectivity index (χ1v) is 9.10. The molecular weight excluding hydrogens is 385 g/mol. The Balaban J connectivity index is 1.72. The second kappa shape index (κ2) is 7.02. The molecule has 150 valence electrons. The highest BCUT2D eigenvalue weighted by atomic mass is 19.4. The summed E-state index contributed by atoms with van der Waals surface area (Å²) in [7, 11) is 0. The number of fused-ring (bicyclic) bond motifs is 1. The molecule has 1 fully saturated rings. The number of hydrazone groups is 1. The lowest BCUT2D eigenvalue weighted by molar-refractivity contribution is -0.143. The van der Waals surface area contributed by atoms with Crippen molar-refractivity contribution in [1.29, 1.82) is 0 Å². The topological polar surface area (TPSA) is 59.0 Å². The van der Waals surface area contributed by atoms with Gasteiger partial charge in [-0.05, 0) is 36.8 Å². The molecule has 0 saturated carbocycles. The van der Waals surface area contributed by atoms with Crippen LogP contribution >= 0.6 is 0 Å². The van der Waals surface area contributed by atoms with Crippen LogP contribution in [0.4, 0.5) is 13.2 Å². The van der Waals surface area contributed by atoms with E-state index >= 15 is 0 Å². The number of carbonyl (C=O) groups excluding carboxylic acids is 2. The zero-order valence-corrected chi connectivity index (χ0v) is 15.4. The third-order valence-corrected chi connectivity index (χ3v) is 5.21. The van der Waals surface area contributed by atoms with E-state index in [9.17, 15) is 22.8 Å². The minimum atomic E-state index is -4.44. The summed E-state index contributed by atoms with van der Waals surface area (Å²) in [6.45, 7) is 1.68. The number of nitrogens with zero attached hydrogens (tertiary/aromatic N) is 2. The van der Waals surface area contributed by atoms with Gasteiger partial charge in [0.15, 0.2) is 0 Å². The van der Waals surface area contributed by atoms with Crippen molar-refractivity contribution in [3.63, 3.8) is 0 Å². The van der Waals surface area contributed by atoms with Crippen LogP contribution in [0.3, 0.4) is 0 Å². The Hall–Kier alpha value is -3.16. The van der Waals surface area contributed by atoms with Crippen molar-refractivity contribution in [2.45, 2.75) is 31.7 Å². The molecule has 0 N–H and O–H groups in total. The highest BCUT2D eigenvalue weighted by Crippen LogP contribution is 2.35. The van der Waals surface area contributed by atoms with Crippen molar-refractivity contribution in [3.05, 3.63) is 71.3 Å². The molecule has 5 nitrogen and oxygen atoms in total. The highest BCUT2D eigenvalue weighted by Gasteiger charge is 2.50. The predicted molar refractivity (Wildman–Crippen MR) is 98.0 cm³/mol. The average Bonchev–Trinajstić information content (AvgIpc) is 3.00. The van der Waals surface area contributed by atoms with E-state index in [4.69, 9.17) is 4.74 Å². The van der Waals surface area contributed by atoms with Crippen molar-refractivity contribution in [2.24, 2.45) is 11.0 Å². The summed E-state index contributed by atoms with van der Waals surface area (Å²) < 4.78 is 43.9. The number of rotatable bonds is 2. The van der Waals surface area contributed by atoms with Gasteiger partial charge < -0.3 is 4.74 Å². The Morgan fingerprint density at radius 2 is 1.76 bits per heavy atom. The number of carbonyl (C=O) groups is 2. The summed E-state index contributed by atoms with van der Waals surface area (Å²) in [6.07, 6.45) is -4.81. The first kappa shape index (κ1) is 19.2. The lowest BCUT2D eigenvalue weighted by atomic mass is 9.92. The number of benzene rings is 2. The minimum Gasteiger partial charge on any atom is -0.459 e. The molecule has 0 aliphatic carbocycles. The zero-order valence-electron chi connectivity index (χ0n) is 15.4. The van der Waals surface area contributed by atoms with Crippen LogP contribution in [0.2, 0.25) is 0 Å². The van der Waals surface area contributed by atoms with Crippen LogP contribution < -0.4 is 0 Å². The Morgan fingerprint density at radius 1 is 1.10 bits per heavy atom. The lowest BCUT2D eigenvalue weighted by Crippen LogP contribution is -2.49. The van der Waals surface area contributed by atoms with Gasteiger partial charge in [0.2, 0.25) is 0 Å². The fourth-order valence-corrected chi connectivity index (χ4v) is 3.67. The maximum absolute atomic E-state index is 13.1.